The average molecular weight is 500 g/mol. The first-order chi connectivity index (χ1) is 16.5. The third-order valence-corrected chi connectivity index (χ3v) is 6.45. The van der Waals surface area contributed by atoms with E-state index in [-0.39, 0.29) is 25.0 Å². The van der Waals surface area contributed by atoms with E-state index in [4.69, 9.17) is 33.3 Å². The van der Waals surface area contributed by atoms with Crippen LogP contribution in [0.15, 0.2) is 48.5 Å². The van der Waals surface area contributed by atoms with Crippen LogP contribution in [0.3, 0.4) is 0 Å². The highest BCUT2D eigenvalue weighted by Crippen LogP contribution is 2.31. The summed E-state index contributed by atoms with van der Waals surface area (Å²) < 4.78 is 13.5. The molecule has 1 aromatic heterocycles. The van der Waals surface area contributed by atoms with E-state index in [9.17, 15) is 9.59 Å². The summed E-state index contributed by atoms with van der Waals surface area (Å²) in [5, 5.41) is 7.64. The lowest BCUT2D eigenvalue weighted by Gasteiger charge is -2.37. The second-order valence-electron chi connectivity index (χ2n) is 8.02. The largest absolute Gasteiger partial charge is 0.485 e. The van der Waals surface area contributed by atoms with Gasteiger partial charge in [-0.3, -0.25) is 19.3 Å². The van der Waals surface area contributed by atoms with E-state index in [0.29, 0.717) is 53.3 Å². The Labute approximate surface area is 205 Å². The number of nitrogens with one attached hydrogen (secondary N) is 1. The molecule has 1 saturated heterocycles. The Morgan fingerprint density at radius 2 is 1.71 bits per heavy atom. The number of nitrogens with zero attached hydrogens (tertiary/aromatic N) is 4. The maximum Gasteiger partial charge on any atom is 0.267 e. The van der Waals surface area contributed by atoms with Crippen molar-refractivity contribution in [2.75, 3.05) is 32.8 Å². The predicted molar refractivity (Wildman–Crippen MR) is 127 cm³/mol. The van der Waals surface area contributed by atoms with Crippen LogP contribution < -0.4 is 9.47 Å². The third-order valence-electron chi connectivity index (χ3n) is 5.88. The molecule has 5 rings (SSSR count). The van der Waals surface area contributed by atoms with Gasteiger partial charge in [-0.25, -0.2) is 0 Å². The van der Waals surface area contributed by atoms with Crippen molar-refractivity contribution in [3.8, 4) is 22.9 Å². The molecule has 3 aromatic rings. The number of ether oxygens (including phenoxy) is 2. The standard InChI is InChI=1S/C23H22ClN5O4S/c24-16-7-5-15(6-8-16)21-25-26-23(34)29(21)13-20(30)27-9-11-28(12-10-27)22(31)19-14-32-17-3-1-2-4-18(17)33-19/h1-8,19H,9-14H2,(H,26,34). The fourth-order valence-corrected chi connectivity index (χ4v) is 4.36. The van der Waals surface area contributed by atoms with Gasteiger partial charge in [0.15, 0.2) is 22.1 Å². The molecule has 2 aliphatic heterocycles. The van der Waals surface area contributed by atoms with Crippen molar-refractivity contribution < 1.29 is 19.1 Å². The van der Waals surface area contributed by atoms with Crippen LogP contribution in [0.4, 0.5) is 0 Å². The summed E-state index contributed by atoms with van der Waals surface area (Å²) in [6.45, 7) is 1.92. The van der Waals surface area contributed by atoms with E-state index >= 15 is 0 Å². The number of carbonyl (C=O) groups is 2. The summed E-state index contributed by atoms with van der Waals surface area (Å²) in [7, 11) is 0. The number of piperazine rings is 1. The molecule has 2 aliphatic rings. The molecule has 0 bridgehead atoms. The quantitative estimate of drug-likeness (QED) is 0.555. The molecule has 0 aliphatic carbocycles. The lowest BCUT2D eigenvalue weighted by Crippen LogP contribution is -2.55. The van der Waals surface area contributed by atoms with Crippen molar-refractivity contribution in [2.24, 2.45) is 0 Å². The van der Waals surface area contributed by atoms with Gasteiger partial charge in [-0.15, -0.1) is 0 Å². The molecular formula is C23H22ClN5O4S. The zero-order valence-corrected chi connectivity index (χ0v) is 19.7. The molecule has 1 unspecified atom stereocenters. The molecule has 1 N–H and O–H groups in total. The normalized spacial score (nSPS) is 17.5. The molecule has 0 saturated carbocycles. The highest BCUT2D eigenvalue weighted by atomic mass is 35.5. The number of aromatic nitrogens is 3. The molecule has 2 amide bonds. The van der Waals surface area contributed by atoms with Crippen molar-refractivity contribution in [2.45, 2.75) is 12.6 Å². The maximum absolute atomic E-state index is 13.0. The minimum atomic E-state index is -0.691. The summed E-state index contributed by atoms with van der Waals surface area (Å²) in [5.41, 5.74) is 0.802. The summed E-state index contributed by atoms with van der Waals surface area (Å²) >= 11 is 11.3. The minimum absolute atomic E-state index is 0.0532. The lowest BCUT2D eigenvalue weighted by molar-refractivity contribution is -0.146. The van der Waals surface area contributed by atoms with E-state index in [1.54, 1.807) is 32.6 Å². The zero-order valence-electron chi connectivity index (χ0n) is 18.1. The monoisotopic (exact) mass is 499 g/mol. The first kappa shape index (κ1) is 22.4. The Kier molecular flexibility index (Phi) is 6.25. The molecular weight excluding hydrogens is 478 g/mol. The van der Waals surface area contributed by atoms with Crippen LogP contribution in [-0.2, 0) is 16.1 Å². The molecule has 0 spiro atoms. The molecule has 2 aromatic carbocycles. The molecule has 1 atom stereocenters. The summed E-state index contributed by atoms with van der Waals surface area (Å²) in [6, 6.07) is 14.5. The van der Waals surface area contributed by atoms with Gasteiger partial charge < -0.3 is 19.3 Å². The number of hydrogen-bond acceptors (Lipinski definition) is 6. The van der Waals surface area contributed by atoms with E-state index < -0.39 is 6.10 Å². The van der Waals surface area contributed by atoms with Crippen LogP contribution in [0.1, 0.15) is 0 Å². The number of hydrogen-bond donors (Lipinski definition) is 1. The number of fused-ring (bicyclic) bond motifs is 1. The summed E-state index contributed by atoms with van der Waals surface area (Å²) in [6.07, 6.45) is -0.691. The summed E-state index contributed by atoms with van der Waals surface area (Å²) in [5.74, 6) is 1.54. The molecule has 11 heteroatoms. The van der Waals surface area contributed by atoms with Gasteiger partial charge in [0.05, 0.1) is 0 Å². The topological polar surface area (TPSA) is 92.7 Å². The van der Waals surface area contributed by atoms with Crippen LogP contribution in [-0.4, -0.2) is 75.3 Å². The van der Waals surface area contributed by atoms with Crippen LogP contribution in [0, 0.1) is 4.77 Å². The van der Waals surface area contributed by atoms with Crippen molar-refractivity contribution in [1.82, 2.24) is 24.6 Å². The number of H-pyrrole nitrogens is 1. The Hall–Kier alpha value is -3.37. The molecule has 176 valence electrons. The number of amides is 2. The van der Waals surface area contributed by atoms with Crippen LogP contribution in [0.2, 0.25) is 5.02 Å². The first-order valence-corrected chi connectivity index (χ1v) is 11.6. The van der Waals surface area contributed by atoms with Crippen LogP contribution in [0.25, 0.3) is 11.4 Å². The first-order valence-electron chi connectivity index (χ1n) is 10.9. The molecule has 9 nitrogen and oxygen atoms in total. The molecule has 0 radical (unpaired) electrons. The average Bonchev–Trinajstić information content (AvgIpc) is 3.23. The number of benzene rings is 2. The molecule has 1 fully saturated rings. The van der Waals surface area contributed by atoms with Gasteiger partial charge >= 0.3 is 0 Å². The number of rotatable bonds is 4. The van der Waals surface area contributed by atoms with Gasteiger partial charge in [-0.1, -0.05) is 23.7 Å². The second kappa shape index (κ2) is 9.47. The maximum atomic E-state index is 13.0. The zero-order chi connectivity index (χ0) is 23.7. The molecule has 34 heavy (non-hydrogen) atoms. The Morgan fingerprint density at radius 3 is 2.44 bits per heavy atom. The fraction of sp³-hybridized carbons (Fsp3) is 0.304. The number of para-hydroxylation sites is 2. The smallest absolute Gasteiger partial charge is 0.267 e. The number of halogens is 1. The van der Waals surface area contributed by atoms with Gasteiger partial charge in [-0.05, 0) is 48.6 Å². The van der Waals surface area contributed by atoms with Crippen LogP contribution >= 0.6 is 23.8 Å². The summed E-state index contributed by atoms with van der Waals surface area (Å²) in [4.78, 5) is 29.4. The van der Waals surface area contributed by atoms with E-state index in [1.807, 2.05) is 30.3 Å². The highest BCUT2D eigenvalue weighted by Gasteiger charge is 2.33. The Bertz CT molecular complexity index is 1270. The fourth-order valence-electron chi connectivity index (χ4n) is 4.04. The second-order valence-corrected chi connectivity index (χ2v) is 8.84. The van der Waals surface area contributed by atoms with Gasteiger partial charge in [0.1, 0.15) is 13.2 Å². The minimum Gasteiger partial charge on any atom is -0.485 e. The van der Waals surface area contributed by atoms with Crippen molar-refractivity contribution in [3.63, 3.8) is 0 Å². The number of aromatic amines is 1. The lowest BCUT2D eigenvalue weighted by atomic mass is 10.2. The van der Waals surface area contributed by atoms with E-state index in [2.05, 4.69) is 10.2 Å². The number of carbonyl (C=O) groups excluding carboxylic acids is 2. The van der Waals surface area contributed by atoms with Crippen molar-refractivity contribution >= 4 is 35.6 Å². The Balaban J connectivity index is 1.19. The van der Waals surface area contributed by atoms with Gasteiger partial charge in [-0.2, -0.15) is 5.10 Å². The Morgan fingerprint density at radius 1 is 1.03 bits per heavy atom. The van der Waals surface area contributed by atoms with E-state index in [0.717, 1.165) is 5.56 Å². The van der Waals surface area contributed by atoms with Crippen molar-refractivity contribution in [3.05, 3.63) is 58.3 Å². The third kappa shape index (κ3) is 4.51. The van der Waals surface area contributed by atoms with Gasteiger partial charge in [0.25, 0.3) is 5.91 Å². The molecule has 3 heterocycles. The van der Waals surface area contributed by atoms with Gasteiger partial charge in [0, 0.05) is 36.8 Å². The van der Waals surface area contributed by atoms with Crippen molar-refractivity contribution in [1.29, 1.82) is 0 Å². The SMILES string of the molecule is O=C(Cn1c(-c2ccc(Cl)cc2)n[nH]c1=S)N1CCN(C(=O)C2COc3ccccc3O2)CC1. The predicted octanol–water partition coefficient (Wildman–Crippen LogP) is 2.77. The highest BCUT2D eigenvalue weighted by molar-refractivity contribution is 7.71. The van der Waals surface area contributed by atoms with Gasteiger partial charge in [0.2, 0.25) is 12.0 Å². The van der Waals surface area contributed by atoms with Crippen LogP contribution in [0.5, 0.6) is 11.5 Å². The van der Waals surface area contributed by atoms with E-state index in [1.165, 1.54) is 0 Å².